The number of unbranched alkanes of at least 4 members (excludes halogenated alkanes) is 1. The van der Waals surface area contributed by atoms with Gasteiger partial charge in [-0.1, -0.05) is 6.08 Å². The molecule has 46 heavy (non-hydrogen) atoms. The molecular weight excluding hydrogens is 598 g/mol. The Morgan fingerprint density at radius 1 is 1.30 bits per heavy atom. The smallest absolute Gasteiger partial charge is 0.374 e. The number of esters is 1. The maximum atomic E-state index is 12.9. The molecule has 15 heteroatoms. The minimum Gasteiger partial charge on any atom is -0.496 e. The fourth-order valence-electron chi connectivity index (χ4n) is 6.06. The molecular formula is C31H37N7O8. The van der Waals surface area contributed by atoms with Crippen molar-refractivity contribution in [2.75, 3.05) is 33.5 Å². The molecule has 15 nitrogen and oxygen atoms in total. The monoisotopic (exact) mass is 635 g/mol. The Morgan fingerprint density at radius 3 is 2.89 bits per heavy atom. The quantitative estimate of drug-likeness (QED) is 0.197. The third kappa shape index (κ3) is 5.67. The number of amides is 1. The maximum absolute atomic E-state index is 12.9. The number of hydrogen-bond acceptors (Lipinski definition) is 14. The van der Waals surface area contributed by atoms with Gasteiger partial charge in [-0.2, -0.15) is 9.98 Å². The van der Waals surface area contributed by atoms with Gasteiger partial charge in [-0.25, -0.2) is 4.79 Å². The zero-order valence-corrected chi connectivity index (χ0v) is 25.9. The number of amidine groups is 1. The zero-order chi connectivity index (χ0) is 32.6. The first-order valence-corrected chi connectivity index (χ1v) is 15.1. The van der Waals surface area contributed by atoms with Crippen molar-refractivity contribution in [1.29, 1.82) is 0 Å². The fourth-order valence-corrected chi connectivity index (χ4v) is 6.06. The van der Waals surface area contributed by atoms with Crippen LogP contribution in [0.2, 0.25) is 0 Å². The summed E-state index contributed by atoms with van der Waals surface area (Å²) in [6, 6.07) is 1.71. The van der Waals surface area contributed by atoms with Crippen LogP contribution in [0.25, 0.3) is 5.57 Å². The Hall–Kier alpha value is -4.89. The number of nitrogens with two attached hydrogens (primary N) is 1. The molecule has 5 N–H and O–H groups in total. The molecule has 1 aromatic rings. The van der Waals surface area contributed by atoms with Gasteiger partial charge in [0.25, 0.3) is 0 Å². The molecule has 0 spiro atoms. The number of fused-ring (bicyclic) bond motifs is 3. The predicted octanol–water partition coefficient (Wildman–Crippen LogP) is 0.763. The van der Waals surface area contributed by atoms with Crippen LogP contribution in [0.5, 0.6) is 17.2 Å². The minimum absolute atomic E-state index is 0.00205. The summed E-state index contributed by atoms with van der Waals surface area (Å²) in [5.74, 6) is 0.428. The number of benzene rings is 1. The Kier molecular flexibility index (Phi) is 8.44. The molecule has 5 aliphatic heterocycles. The molecule has 1 amide bonds. The Labute approximate surface area is 265 Å². The van der Waals surface area contributed by atoms with Crippen LogP contribution in [0.4, 0.5) is 0 Å². The number of nitrogens with one attached hydrogen (secondary N) is 1. The number of hydrogen-bond donors (Lipinski definition) is 4. The second-order valence-electron chi connectivity index (χ2n) is 11.5. The molecule has 3 unspecified atom stereocenters. The molecule has 5 aliphatic rings. The van der Waals surface area contributed by atoms with E-state index in [1.54, 1.807) is 39.3 Å². The van der Waals surface area contributed by atoms with E-state index in [1.165, 1.54) is 0 Å². The highest BCUT2D eigenvalue weighted by Crippen LogP contribution is 2.50. The van der Waals surface area contributed by atoms with E-state index in [2.05, 4.69) is 20.3 Å². The van der Waals surface area contributed by atoms with Crippen molar-refractivity contribution in [3.8, 4) is 17.2 Å². The van der Waals surface area contributed by atoms with E-state index >= 15 is 0 Å². The summed E-state index contributed by atoms with van der Waals surface area (Å²) in [6.45, 7) is 4.21. The van der Waals surface area contributed by atoms with Gasteiger partial charge >= 0.3 is 11.9 Å². The summed E-state index contributed by atoms with van der Waals surface area (Å²) >= 11 is 0. The van der Waals surface area contributed by atoms with E-state index in [0.29, 0.717) is 66.4 Å². The lowest BCUT2D eigenvalue weighted by molar-refractivity contribution is -0.141. The molecule has 6 rings (SSSR count). The largest absolute Gasteiger partial charge is 0.496 e. The van der Waals surface area contributed by atoms with Crippen molar-refractivity contribution < 1.29 is 38.7 Å². The lowest BCUT2D eigenvalue weighted by Gasteiger charge is -2.33. The number of carbonyl (C=O) groups is 2. The number of rotatable bonds is 11. The fraction of sp³-hybridized carbons (Fsp3) is 0.452. The summed E-state index contributed by atoms with van der Waals surface area (Å²) < 4.78 is 23.5. The normalized spacial score (nSPS) is 23.2. The van der Waals surface area contributed by atoms with E-state index in [9.17, 15) is 19.8 Å². The molecule has 0 bridgehead atoms. The molecule has 5 heterocycles. The average molecular weight is 636 g/mol. The van der Waals surface area contributed by atoms with Gasteiger partial charge in [-0.3, -0.25) is 14.7 Å². The first-order chi connectivity index (χ1) is 22.1. The lowest BCUT2D eigenvalue weighted by Crippen LogP contribution is -2.53. The van der Waals surface area contributed by atoms with Crippen molar-refractivity contribution in [2.45, 2.75) is 57.5 Å². The predicted molar refractivity (Wildman–Crippen MR) is 167 cm³/mol. The van der Waals surface area contributed by atoms with E-state index in [-0.39, 0.29) is 37.3 Å². The second kappa shape index (κ2) is 12.5. The van der Waals surface area contributed by atoms with Gasteiger partial charge in [0.2, 0.25) is 11.7 Å². The Balaban J connectivity index is 1.31. The van der Waals surface area contributed by atoms with Gasteiger partial charge < -0.3 is 45.1 Å². The van der Waals surface area contributed by atoms with Gasteiger partial charge in [0, 0.05) is 43.6 Å². The number of methoxy groups -OCH3 is 1. The first-order valence-electron chi connectivity index (χ1n) is 15.1. The summed E-state index contributed by atoms with van der Waals surface area (Å²) in [6.07, 6.45) is 8.27. The molecule has 244 valence electrons. The second-order valence-corrected chi connectivity index (χ2v) is 11.5. The van der Waals surface area contributed by atoms with Crippen LogP contribution in [0.1, 0.15) is 44.2 Å². The molecule has 0 saturated heterocycles. The van der Waals surface area contributed by atoms with Crippen LogP contribution in [0.3, 0.4) is 0 Å². The van der Waals surface area contributed by atoms with E-state index < -0.39 is 29.9 Å². The first kappa shape index (κ1) is 31.1. The molecule has 3 atom stereocenters. The highest BCUT2D eigenvalue weighted by molar-refractivity contribution is 6.69. The highest BCUT2D eigenvalue weighted by atomic mass is 16.6. The van der Waals surface area contributed by atoms with E-state index in [0.717, 1.165) is 5.56 Å². The molecule has 1 aromatic carbocycles. The summed E-state index contributed by atoms with van der Waals surface area (Å²) in [5.41, 5.74) is 6.83. The SMILES string of the molecule is CCOC(=O)C1=CC(=CCN2C=CNC2N2CN=C3C(=O)N=C(N)N=C32)c2c(cc3c(c2OC)CC(C(C)(O)CCCCO)O3)O1. The number of aliphatic hydroxyl groups excluding tert-OH is 1. The van der Waals surface area contributed by atoms with Crippen LogP contribution in [0.15, 0.2) is 51.4 Å². The van der Waals surface area contributed by atoms with Crippen LogP contribution in [-0.2, 0) is 20.7 Å². The van der Waals surface area contributed by atoms with Crippen molar-refractivity contribution in [3.05, 3.63) is 47.5 Å². The number of aliphatic imine (C=N–C) groups is 3. The van der Waals surface area contributed by atoms with Crippen LogP contribution in [-0.4, -0.2) is 101 Å². The van der Waals surface area contributed by atoms with Gasteiger partial charge in [-0.05, 0) is 44.8 Å². The zero-order valence-electron chi connectivity index (χ0n) is 25.9. The number of aliphatic hydroxyl groups is 2. The van der Waals surface area contributed by atoms with Gasteiger partial charge in [-0.15, -0.1) is 0 Å². The van der Waals surface area contributed by atoms with E-state index in [4.69, 9.17) is 24.7 Å². The molecule has 0 radical (unpaired) electrons. The summed E-state index contributed by atoms with van der Waals surface area (Å²) in [5, 5.41) is 23.7. The van der Waals surface area contributed by atoms with Crippen molar-refractivity contribution in [3.63, 3.8) is 0 Å². The lowest BCUT2D eigenvalue weighted by atomic mass is 9.88. The van der Waals surface area contributed by atoms with Crippen molar-refractivity contribution >= 4 is 35.0 Å². The number of guanidine groups is 1. The third-order valence-corrected chi connectivity index (χ3v) is 8.37. The Morgan fingerprint density at radius 2 is 2.13 bits per heavy atom. The highest BCUT2D eigenvalue weighted by Gasteiger charge is 2.42. The number of ether oxygens (including phenoxy) is 4. The number of allylic oxidation sites excluding steroid dienone is 2. The molecule has 0 aliphatic carbocycles. The number of nitrogens with zero attached hydrogens (tertiary/aromatic N) is 5. The third-order valence-electron chi connectivity index (χ3n) is 8.37. The van der Waals surface area contributed by atoms with Crippen molar-refractivity contribution in [2.24, 2.45) is 20.7 Å². The van der Waals surface area contributed by atoms with Gasteiger partial charge in [0.15, 0.2) is 17.8 Å². The number of carbonyl (C=O) groups excluding carboxylic acids is 2. The van der Waals surface area contributed by atoms with Gasteiger partial charge in [0.05, 0.1) is 24.9 Å². The van der Waals surface area contributed by atoms with E-state index in [1.807, 2.05) is 22.1 Å². The molecule has 0 aromatic heterocycles. The summed E-state index contributed by atoms with van der Waals surface area (Å²) in [4.78, 5) is 41.2. The summed E-state index contributed by atoms with van der Waals surface area (Å²) in [7, 11) is 1.56. The average Bonchev–Trinajstić information content (AvgIpc) is 3.77. The van der Waals surface area contributed by atoms with Crippen molar-refractivity contribution in [1.82, 2.24) is 15.1 Å². The molecule has 0 fully saturated rings. The van der Waals surface area contributed by atoms with Gasteiger partial charge in [0.1, 0.15) is 30.0 Å². The molecule has 0 saturated carbocycles. The Bertz CT molecular complexity index is 1630. The maximum Gasteiger partial charge on any atom is 0.374 e. The topological polar surface area (TPSA) is 193 Å². The van der Waals surface area contributed by atoms with Crippen LogP contribution in [0, 0.1) is 0 Å². The minimum atomic E-state index is -1.15. The standard InChI is InChI=1S/C31H37N7O8/c1-4-44-28(41)21-13-17(7-10-37-11-9-33-30(37)38-16-34-24-26(38)35-29(32)36-27(24)40)23-20(45-21)15-19-18(25(23)43-3)14-22(46-19)31(2,42)8-5-6-12-39/h7,9,11,13,15,22,30,33,39,42H,4-6,8,10,12,14,16H2,1-3H3,(H2,32,36,40). The van der Waals surface area contributed by atoms with Crippen LogP contribution >= 0.6 is 0 Å². The van der Waals surface area contributed by atoms with Crippen LogP contribution < -0.4 is 25.3 Å².